The van der Waals surface area contributed by atoms with Crippen molar-refractivity contribution in [3.05, 3.63) is 144 Å². The van der Waals surface area contributed by atoms with E-state index in [1.807, 2.05) is 121 Å². The van der Waals surface area contributed by atoms with E-state index in [-0.39, 0.29) is 26.4 Å². The van der Waals surface area contributed by atoms with Crippen molar-refractivity contribution in [2.45, 2.75) is 26.4 Å². The molecule has 0 spiro atoms. The number of nitrogens with zero attached hydrogens (tertiary/aromatic N) is 1. The van der Waals surface area contributed by atoms with Crippen molar-refractivity contribution in [1.82, 2.24) is 4.44 Å². The molecule has 6 nitrogen and oxygen atoms in total. The maximum Gasteiger partial charge on any atom is 0.417 e. The Labute approximate surface area is 222 Å². The summed E-state index contributed by atoms with van der Waals surface area (Å²) in [5.74, 6) is 0. The minimum Gasteiger partial charge on any atom is -0.301 e. The average Bonchev–Trinajstić information content (AvgIpc) is 2.95. The molecule has 0 aliphatic heterocycles. The van der Waals surface area contributed by atoms with Gasteiger partial charge >= 0.3 is 14.6 Å². The van der Waals surface area contributed by atoms with Gasteiger partial charge in [0.1, 0.15) is 0 Å². The van der Waals surface area contributed by atoms with Gasteiger partial charge in [-0.05, 0) is 33.5 Å². The van der Waals surface area contributed by atoms with Crippen LogP contribution in [0.15, 0.2) is 121 Å². The summed E-state index contributed by atoms with van der Waals surface area (Å²) in [7, 11) is -4.26. The van der Waals surface area contributed by atoms with E-state index in [0.29, 0.717) is 0 Å². The van der Waals surface area contributed by atoms with Gasteiger partial charge in [0.05, 0.1) is 19.8 Å². The van der Waals surface area contributed by atoms with Crippen LogP contribution in [-0.4, -0.2) is 4.44 Å². The Morgan fingerprint density at radius 2 is 0.838 bits per heavy atom. The van der Waals surface area contributed by atoms with Crippen molar-refractivity contribution in [3.63, 3.8) is 0 Å². The first-order chi connectivity index (χ1) is 17.9. The fraction of sp³-hybridized carbons (Fsp3) is 0.143. The van der Waals surface area contributed by atoms with Gasteiger partial charge in [0, 0.05) is 6.54 Å². The number of rotatable bonds is 13. The first-order valence-electron chi connectivity index (χ1n) is 11.7. The molecule has 0 bridgehead atoms. The van der Waals surface area contributed by atoms with Crippen molar-refractivity contribution in [2.24, 2.45) is 0 Å². The van der Waals surface area contributed by atoms with Gasteiger partial charge in [-0.2, -0.15) is 0 Å². The molecule has 0 radical (unpaired) electrons. The van der Waals surface area contributed by atoms with E-state index in [2.05, 4.69) is 0 Å². The molecular formula is C28H28ClNO5P2. The lowest BCUT2D eigenvalue weighted by Gasteiger charge is -2.32. The van der Waals surface area contributed by atoms with Gasteiger partial charge in [-0.25, -0.2) is 4.57 Å². The Bertz CT molecular complexity index is 1280. The molecule has 9 heteroatoms. The topological polar surface area (TPSA) is 65.1 Å². The first-order valence-corrected chi connectivity index (χ1v) is 15.7. The van der Waals surface area contributed by atoms with Gasteiger partial charge in [0.15, 0.2) is 0 Å². The molecular weight excluding hydrogens is 528 g/mol. The summed E-state index contributed by atoms with van der Waals surface area (Å²) in [6.07, 6.45) is 0. The van der Waals surface area contributed by atoms with E-state index in [0.717, 1.165) is 26.7 Å². The maximum absolute atomic E-state index is 14.5. The molecule has 0 N–H and O–H groups in total. The summed E-state index contributed by atoms with van der Waals surface area (Å²) >= 11 is 6.58. The van der Waals surface area contributed by atoms with Crippen molar-refractivity contribution in [1.29, 1.82) is 0 Å². The molecule has 192 valence electrons. The second-order valence-corrected chi connectivity index (χ2v) is 13.4. The Balaban J connectivity index is 1.66. The lowest BCUT2D eigenvalue weighted by molar-refractivity contribution is 0.157. The highest BCUT2D eigenvalue weighted by Gasteiger charge is 2.46. The van der Waals surface area contributed by atoms with E-state index in [1.165, 1.54) is 0 Å². The smallest absolute Gasteiger partial charge is 0.301 e. The van der Waals surface area contributed by atoms with Gasteiger partial charge in [0.25, 0.3) is 0 Å². The van der Waals surface area contributed by atoms with Crippen LogP contribution in [0.1, 0.15) is 22.3 Å². The largest absolute Gasteiger partial charge is 0.417 e. The number of hydrogen-bond acceptors (Lipinski definition) is 5. The van der Waals surface area contributed by atoms with Crippen LogP contribution in [0.4, 0.5) is 0 Å². The normalized spacial score (nSPS) is 13.4. The SMILES string of the molecule is O=P(Cl)(OCc1ccccc1)N(Cc1ccccc1)P(=O)(OCc1ccccc1)OCc1ccccc1. The minimum atomic E-state index is -4.26. The van der Waals surface area contributed by atoms with Gasteiger partial charge < -0.3 is 4.52 Å². The molecule has 0 aliphatic rings. The van der Waals surface area contributed by atoms with Crippen LogP contribution >= 0.6 is 25.9 Å². The molecule has 1 atom stereocenters. The summed E-state index contributed by atoms with van der Waals surface area (Å²) in [4.78, 5) is 0. The van der Waals surface area contributed by atoms with Crippen LogP contribution in [0, 0.1) is 0 Å². The van der Waals surface area contributed by atoms with Crippen LogP contribution < -0.4 is 0 Å². The molecule has 0 fully saturated rings. The highest BCUT2D eigenvalue weighted by molar-refractivity contribution is 7.88. The molecule has 4 aromatic carbocycles. The quantitative estimate of drug-likeness (QED) is 0.154. The standard InChI is InChI=1S/C28H28ClNO5P2/c29-36(31,33-22-26-15-7-2-8-16-26)30(21-25-13-5-1-6-14-25)37(32,34-23-27-17-9-3-10-18-27)35-24-28-19-11-4-12-20-28/h1-20H,21-24H2. The summed E-state index contributed by atoms with van der Waals surface area (Å²) in [5, 5.41) is 0. The minimum absolute atomic E-state index is 0.0340. The van der Waals surface area contributed by atoms with E-state index in [4.69, 9.17) is 24.8 Å². The number of benzene rings is 4. The van der Waals surface area contributed by atoms with Gasteiger partial charge in [-0.15, -0.1) is 4.44 Å². The molecule has 0 aliphatic carbocycles. The molecule has 0 saturated heterocycles. The Morgan fingerprint density at radius 3 is 1.22 bits per heavy atom. The molecule has 4 aromatic rings. The van der Waals surface area contributed by atoms with Crippen LogP contribution in [0.25, 0.3) is 0 Å². The van der Waals surface area contributed by atoms with E-state index >= 15 is 0 Å². The average molecular weight is 556 g/mol. The van der Waals surface area contributed by atoms with Crippen molar-refractivity contribution < 1.29 is 22.7 Å². The third kappa shape index (κ3) is 8.23. The van der Waals surface area contributed by atoms with Gasteiger partial charge in [0.2, 0.25) is 0 Å². The second kappa shape index (κ2) is 13.3. The molecule has 0 heterocycles. The highest BCUT2D eigenvalue weighted by atomic mass is 35.7. The van der Waals surface area contributed by atoms with Crippen LogP contribution in [0.5, 0.6) is 0 Å². The fourth-order valence-electron chi connectivity index (χ4n) is 3.47. The third-order valence-corrected chi connectivity index (χ3v) is 10.7. The Kier molecular flexibility index (Phi) is 9.90. The summed E-state index contributed by atoms with van der Waals surface area (Å²) < 4.78 is 47.0. The highest BCUT2D eigenvalue weighted by Crippen LogP contribution is 2.72. The van der Waals surface area contributed by atoms with Crippen molar-refractivity contribution in [2.75, 3.05) is 0 Å². The molecule has 0 amide bonds. The van der Waals surface area contributed by atoms with E-state index in [9.17, 15) is 9.13 Å². The number of halogens is 1. The van der Waals surface area contributed by atoms with E-state index in [1.54, 1.807) is 0 Å². The van der Waals surface area contributed by atoms with Crippen molar-refractivity contribution >= 4 is 25.9 Å². The lowest BCUT2D eigenvalue weighted by atomic mass is 10.2. The van der Waals surface area contributed by atoms with Crippen molar-refractivity contribution in [3.8, 4) is 0 Å². The monoisotopic (exact) mass is 555 g/mol. The summed E-state index contributed by atoms with van der Waals surface area (Å²) in [6, 6.07) is 36.9. The van der Waals surface area contributed by atoms with Gasteiger partial charge in [-0.1, -0.05) is 121 Å². The number of hydrogen-bond donors (Lipinski definition) is 0. The third-order valence-electron chi connectivity index (χ3n) is 5.43. The Hall–Kier alpha value is -2.53. The molecule has 37 heavy (non-hydrogen) atoms. The predicted octanol–water partition coefficient (Wildman–Crippen LogP) is 8.59. The molecule has 0 aromatic heterocycles. The zero-order valence-electron chi connectivity index (χ0n) is 20.1. The lowest BCUT2D eigenvalue weighted by Crippen LogP contribution is -2.20. The zero-order chi connectivity index (χ0) is 26.0. The maximum atomic E-state index is 14.5. The Morgan fingerprint density at radius 1 is 0.514 bits per heavy atom. The van der Waals surface area contributed by atoms with Crippen LogP contribution in [0.3, 0.4) is 0 Å². The predicted molar refractivity (Wildman–Crippen MR) is 147 cm³/mol. The molecule has 1 unspecified atom stereocenters. The van der Waals surface area contributed by atoms with Crippen LogP contribution in [0.2, 0.25) is 0 Å². The molecule has 0 saturated carbocycles. The van der Waals surface area contributed by atoms with Crippen LogP contribution in [-0.2, 0) is 49.1 Å². The summed E-state index contributed by atoms with van der Waals surface area (Å²) in [5.41, 5.74) is 3.05. The van der Waals surface area contributed by atoms with E-state index < -0.39 is 14.6 Å². The second-order valence-electron chi connectivity index (χ2n) is 8.21. The summed E-state index contributed by atoms with van der Waals surface area (Å²) in [6.45, 7) is -4.38. The van der Waals surface area contributed by atoms with Gasteiger partial charge in [-0.3, -0.25) is 13.6 Å². The molecule has 4 rings (SSSR count). The fourth-order valence-corrected chi connectivity index (χ4v) is 8.11. The zero-order valence-corrected chi connectivity index (χ0v) is 22.7. The first kappa shape index (κ1) is 27.5.